The summed E-state index contributed by atoms with van der Waals surface area (Å²) in [6, 6.07) is 0. The molecule has 662 valence electrons. The molecule has 0 atom stereocenters. The van der Waals surface area contributed by atoms with Gasteiger partial charge in [0, 0.05) is 169 Å². The highest BCUT2D eigenvalue weighted by Crippen LogP contribution is 2.62. The molecule has 4 aromatic rings. The predicted octanol–water partition coefficient (Wildman–Crippen LogP) is 14.4. The molecule has 21 nitrogen and oxygen atoms in total. The molecule has 0 amide bonds. The molecule has 21 heteroatoms. The molecule has 7 aliphatic heterocycles. The standard InChI is InChI=1S/2C25H42N4O.C24H40N4O.C23H40N4O2/c2*1-23(2)15-25(18-30-17-23)7-5-19(6-8-25)22-20(14-28(4)12-11-26-3)27-29-16-24(9-10-24)13-21(22)29;1-22(2)15-24(29-17-22)7-5-18(6-8-24)21-19(14-27(4)12-11-25-3)26-28-16-23(9-10-23)13-20(21)28;1-24-11-12-26(2)14-19-21(20-13-22(9-10-22)15-27(20)25-19)18-5-7-23(8-6-18,16-28-3)17-29-4/h2*19,26H,5-18H2,1-4H3;18,25H,5-17H2,1-4H3;18,24H,5-17H2,1-4H3. The van der Waals surface area contributed by atoms with Crippen molar-refractivity contribution < 1.29 is 23.7 Å². The van der Waals surface area contributed by atoms with Crippen LogP contribution in [0.5, 0.6) is 0 Å². The van der Waals surface area contributed by atoms with Crippen molar-refractivity contribution in [1.82, 2.24) is 80.0 Å². The average molecular weight is 1630 g/mol. The molecule has 15 aliphatic rings. The first-order valence-electron chi connectivity index (χ1n) is 48.0. The Kier molecular flexibility index (Phi) is 26.2. The maximum atomic E-state index is 6.40. The minimum Gasteiger partial charge on any atom is -0.384 e. The van der Waals surface area contributed by atoms with Crippen LogP contribution in [-0.2, 0) is 102 Å². The monoisotopic (exact) mass is 1630 g/mol. The van der Waals surface area contributed by atoms with E-state index in [2.05, 4.69) is 129 Å². The van der Waals surface area contributed by atoms with E-state index >= 15 is 0 Å². The number of fused-ring (bicyclic) bond motifs is 4. The number of ether oxygens (including phenoxy) is 5. The lowest BCUT2D eigenvalue weighted by Gasteiger charge is -2.48. The van der Waals surface area contributed by atoms with Crippen LogP contribution < -0.4 is 21.3 Å². The molecule has 8 saturated carbocycles. The third kappa shape index (κ3) is 19.8. The largest absolute Gasteiger partial charge is 0.384 e. The topological polar surface area (TPSA) is 179 Å². The summed E-state index contributed by atoms with van der Waals surface area (Å²) in [4.78, 5) is 9.71. The van der Waals surface area contributed by atoms with Crippen LogP contribution in [0.1, 0.15) is 306 Å². The van der Waals surface area contributed by atoms with Gasteiger partial charge in [-0.3, -0.25) is 38.3 Å². The Balaban J connectivity index is 0.000000118. The van der Waals surface area contributed by atoms with Crippen molar-refractivity contribution in [2.24, 2.45) is 54.1 Å². The molecule has 19 rings (SSSR count). The van der Waals surface area contributed by atoms with Gasteiger partial charge in [0.2, 0.25) is 0 Å². The summed E-state index contributed by atoms with van der Waals surface area (Å²) in [6.07, 6.45) is 40.6. The second-order valence-electron chi connectivity index (χ2n) is 45.9. The molecule has 4 aromatic heterocycles. The number of hydrogen-bond donors (Lipinski definition) is 4. The zero-order chi connectivity index (χ0) is 82.7. The fraction of sp³-hybridized carbons (Fsp3) is 0.876. The van der Waals surface area contributed by atoms with Crippen LogP contribution in [0.2, 0.25) is 0 Å². The number of likely N-dealkylation sites (N-methyl/N-ethyl adjacent to an activating group) is 8. The van der Waals surface area contributed by atoms with Crippen LogP contribution in [0.3, 0.4) is 0 Å². The van der Waals surface area contributed by atoms with Gasteiger partial charge in [-0.15, -0.1) is 0 Å². The molecule has 7 spiro atoms. The van der Waals surface area contributed by atoms with Gasteiger partial charge in [0.25, 0.3) is 0 Å². The van der Waals surface area contributed by atoms with E-state index in [-0.39, 0.29) is 11.0 Å². The molecule has 11 heterocycles. The number of nitrogens with zero attached hydrogens (tertiary/aromatic N) is 12. The summed E-state index contributed by atoms with van der Waals surface area (Å²) in [5, 5.41) is 33.9. The van der Waals surface area contributed by atoms with Gasteiger partial charge in [0.1, 0.15) is 0 Å². The Morgan fingerprint density at radius 3 is 0.864 bits per heavy atom. The number of aromatic nitrogens is 8. The van der Waals surface area contributed by atoms with Crippen LogP contribution >= 0.6 is 0 Å². The predicted molar refractivity (Wildman–Crippen MR) is 473 cm³/mol. The Morgan fingerprint density at radius 2 is 0.619 bits per heavy atom. The minimum absolute atomic E-state index is 0.164. The lowest BCUT2D eigenvalue weighted by molar-refractivity contribution is -0.0928. The fourth-order valence-electron chi connectivity index (χ4n) is 25.9. The van der Waals surface area contributed by atoms with E-state index in [4.69, 9.17) is 44.1 Å². The number of nitrogens with one attached hydrogen (secondary N) is 4. The summed E-state index contributed by atoms with van der Waals surface area (Å²) in [7, 11) is 20.7. The van der Waals surface area contributed by atoms with E-state index in [1.165, 1.54) is 241 Å². The molecular weight excluding hydrogens is 1470 g/mol. The Hall–Kier alpha value is -3.68. The number of rotatable bonds is 28. The Morgan fingerprint density at radius 1 is 0.347 bits per heavy atom. The van der Waals surface area contributed by atoms with Crippen molar-refractivity contribution in [1.29, 1.82) is 0 Å². The lowest BCUT2D eigenvalue weighted by atomic mass is 9.62. The van der Waals surface area contributed by atoms with Gasteiger partial charge < -0.3 is 45.0 Å². The summed E-state index contributed by atoms with van der Waals surface area (Å²) < 4.78 is 39.4. The number of methoxy groups -OCH3 is 2. The highest BCUT2D eigenvalue weighted by atomic mass is 16.5. The van der Waals surface area contributed by atoms with Crippen LogP contribution in [0.25, 0.3) is 0 Å². The summed E-state index contributed by atoms with van der Waals surface area (Å²) in [5.74, 6) is 2.72. The van der Waals surface area contributed by atoms with E-state index in [1.54, 1.807) is 45.0 Å². The van der Waals surface area contributed by atoms with Crippen molar-refractivity contribution in [2.45, 2.75) is 322 Å². The summed E-state index contributed by atoms with van der Waals surface area (Å²) in [5.41, 5.74) is 22.9. The average Bonchev–Trinajstić information content (AvgIpc) is 1.58. The summed E-state index contributed by atoms with van der Waals surface area (Å²) >= 11 is 0. The molecule has 0 radical (unpaired) electrons. The van der Waals surface area contributed by atoms with Gasteiger partial charge in [-0.1, -0.05) is 41.5 Å². The molecule has 11 fully saturated rings. The molecule has 3 saturated heterocycles. The summed E-state index contributed by atoms with van der Waals surface area (Å²) in [6.45, 7) is 37.6. The van der Waals surface area contributed by atoms with Crippen molar-refractivity contribution in [3.63, 3.8) is 0 Å². The molecule has 0 unspecified atom stereocenters. The molecule has 0 aromatic carbocycles. The first-order chi connectivity index (χ1) is 56.5. The van der Waals surface area contributed by atoms with Gasteiger partial charge >= 0.3 is 0 Å². The van der Waals surface area contributed by atoms with Crippen LogP contribution in [-0.4, -0.2) is 234 Å². The van der Waals surface area contributed by atoms with Crippen molar-refractivity contribution in [3.8, 4) is 0 Å². The van der Waals surface area contributed by atoms with Crippen LogP contribution in [0.4, 0.5) is 0 Å². The zero-order valence-corrected chi connectivity index (χ0v) is 77.4. The van der Waals surface area contributed by atoms with Gasteiger partial charge in [0.05, 0.1) is 74.6 Å². The molecular formula is C97H164N16O5. The quantitative estimate of drug-likeness (QED) is 0.0422. The normalized spacial score (nSPS) is 27.0. The van der Waals surface area contributed by atoms with E-state index in [1.807, 2.05) is 42.4 Å². The highest BCUT2D eigenvalue weighted by molar-refractivity contribution is 5.40. The minimum atomic E-state index is 0.164. The molecule has 118 heavy (non-hydrogen) atoms. The second-order valence-corrected chi connectivity index (χ2v) is 45.9. The third-order valence-corrected chi connectivity index (χ3v) is 32.9. The van der Waals surface area contributed by atoms with Gasteiger partial charge in [0.15, 0.2) is 0 Å². The van der Waals surface area contributed by atoms with Gasteiger partial charge in [-0.2, -0.15) is 20.4 Å². The smallest absolute Gasteiger partial charge is 0.0802 e. The molecule has 8 aliphatic carbocycles. The van der Waals surface area contributed by atoms with Gasteiger partial charge in [-0.05, 0) is 328 Å². The van der Waals surface area contributed by atoms with Crippen molar-refractivity contribution >= 4 is 0 Å². The fourth-order valence-corrected chi connectivity index (χ4v) is 25.9. The van der Waals surface area contributed by atoms with Crippen LogP contribution in [0, 0.1) is 54.1 Å². The van der Waals surface area contributed by atoms with Crippen molar-refractivity contribution in [2.75, 3.05) is 169 Å². The molecule has 4 N–H and O–H groups in total. The maximum absolute atomic E-state index is 6.40. The first-order valence-corrected chi connectivity index (χ1v) is 48.0. The Labute approximate surface area is 713 Å². The van der Waals surface area contributed by atoms with Gasteiger partial charge in [-0.25, -0.2) is 0 Å². The van der Waals surface area contributed by atoms with Crippen LogP contribution in [0.15, 0.2) is 0 Å². The lowest BCUT2D eigenvalue weighted by Crippen LogP contribution is -2.43. The van der Waals surface area contributed by atoms with E-state index < -0.39 is 0 Å². The molecule has 0 bridgehead atoms. The van der Waals surface area contributed by atoms with Crippen molar-refractivity contribution in [3.05, 3.63) is 67.8 Å². The maximum Gasteiger partial charge on any atom is 0.0802 e. The van der Waals surface area contributed by atoms with E-state index in [0.717, 1.165) is 131 Å². The highest BCUT2D eigenvalue weighted by Gasteiger charge is 2.56. The number of hydrogen-bond acceptors (Lipinski definition) is 17. The van der Waals surface area contributed by atoms with E-state index in [9.17, 15) is 0 Å². The van der Waals surface area contributed by atoms with E-state index in [0.29, 0.717) is 72.4 Å². The third-order valence-electron chi connectivity index (χ3n) is 32.9. The SMILES string of the molecule is CNCCN(C)Cc1nn2c(c1C1CCC(COC)(COC)CC1)CC1(CC1)C2.CNCCN(C)Cc1nn2c(c1C1CCC3(CC1)CC(C)(C)CO3)CC1(CC1)C2.CNCCN(C)Cc1nn2c(c1C1CCC3(CC1)COCC(C)(C)C3)CC1(CC1)C2.CNCCN(C)Cc1nn2c(c1C1CCC3(CC1)COCC(C)(C)C3)CC1(CC1)C2. The second kappa shape index (κ2) is 35.3. The Bertz CT molecular complexity index is 3760. The zero-order valence-electron chi connectivity index (χ0n) is 77.4. The first kappa shape index (κ1) is 87.8.